The molecule has 0 saturated carbocycles. The lowest BCUT2D eigenvalue weighted by molar-refractivity contribution is 0.0696. The van der Waals surface area contributed by atoms with E-state index in [4.69, 9.17) is 0 Å². The van der Waals surface area contributed by atoms with Crippen molar-refractivity contribution in [1.29, 1.82) is 0 Å². The molecular formula is C15H22N4OS2. The number of hydrogen-bond donors (Lipinski definition) is 1. The van der Waals surface area contributed by atoms with Crippen molar-refractivity contribution >= 4 is 43.2 Å². The maximum atomic E-state index is 12.6. The van der Waals surface area contributed by atoms with E-state index in [1.165, 1.54) is 11.3 Å². The first-order chi connectivity index (χ1) is 10.6. The van der Waals surface area contributed by atoms with Gasteiger partial charge in [0.15, 0.2) is 5.13 Å². The van der Waals surface area contributed by atoms with Crippen LogP contribution in [0.15, 0.2) is 6.07 Å². The summed E-state index contributed by atoms with van der Waals surface area (Å²) in [5.41, 5.74) is 0. The second-order valence-electron chi connectivity index (χ2n) is 5.96. The molecule has 1 saturated heterocycles. The number of hydrogen-bond acceptors (Lipinski definition) is 6. The molecule has 1 fully saturated rings. The van der Waals surface area contributed by atoms with Crippen LogP contribution in [0, 0.1) is 5.92 Å². The highest BCUT2D eigenvalue weighted by molar-refractivity contribution is 7.29. The van der Waals surface area contributed by atoms with Gasteiger partial charge in [-0.3, -0.25) is 4.79 Å². The van der Waals surface area contributed by atoms with Gasteiger partial charge in [0.1, 0.15) is 4.83 Å². The molecule has 7 heteroatoms. The Morgan fingerprint density at radius 1 is 1.41 bits per heavy atom. The molecule has 120 valence electrons. The molecule has 0 radical (unpaired) electrons. The number of likely N-dealkylation sites (tertiary alicyclic amines) is 1. The van der Waals surface area contributed by atoms with Crippen LogP contribution >= 0.6 is 22.7 Å². The molecular weight excluding hydrogens is 316 g/mol. The number of thiazole rings is 1. The molecule has 0 spiro atoms. The van der Waals surface area contributed by atoms with Gasteiger partial charge in [-0.15, -0.1) is 11.3 Å². The third kappa shape index (κ3) is 3.11. The molecule has 1 N–H and O–H groups in total. The van der Waals surface area contributed by atoms with Crippen LogP contribution in [0.2, 0.25) is 0 Å². The lowest BCUT2D eigenvalue weighted by Crippen LogP contribution is -2.40. The van der Waals surface area contributed by atoms with Crippen molar-refractivity contribution in [3.05, 3.63) is 10.9 Å². The zero-order valence-electron chi connectivity index (χ0n) is 13.3. The molecule has 3 heterocycles. The smallest absolute Gasteiger partial charge is 0.264 e. The molecule has 0 atom stereocenters. The average Bonchev–Trinajstić information content (AvgIpc) is 3.06. The van der Waals surface area contributed by atoms with Gasteiger partial charge in [0, 0.05) is 27.2 Å². The van der Waals surface area contributed by atoms with E-state index in [0.29, 0.717) is 5.92 Å². The normalized spacial score (nSPS) is 16.4. The van der Waals surface area contributed by atoms with E-state index in [9.17, 15) is 4.79 Å². The summed E-state index contributed by atoms with van der Waals surface area (Å²) < 4.78 is 1.11. The summed E-state index contributed by atoms with van der Waals surface area (Å²) in [6.45, 7) is 2.79. The van der Waals surface area contributed by atoms with E-state index in [1.807, 2.05) is 37.0 Å². The number of amides is 1. The van der Waals surface area contributed by atoms with E-state index in [-0.39, 0.29) is 5.91 Å². The monoisotopic (exact) mass is 338 g/mol. The first-order valence-electron chi connectivity index (χ1n) is 7.60. The summed E-state index contributed by atoms with van der Waals surface area (Å²) in [7, 11) is 5.97. The molecule has 1 amide bonds. The molecule has 1 aliphatic rings. The van der Waals surface area contributed by atoms with Gasteiger partial charge in [0.25, 0.3) is 5.91 Å². The number of nitrogens with one attached hydrogen (secondary N) is 1. The van der Waals surface area contributed by atoms with Crippen molar-refractivity contribution in [1.82, 2.24) is 15.2 Å². The summed E-state index contributed by atoms with van der Waals surface area (Å²) in [4.78, 5) is 23.0. The first-order valence-corrected chi connectivity index (χ1v) is 9.23. The van der Waals surface area contributed by atoms with E-state index in [2.05, 4.69) is 10.3 Å². The Hall–Kier alpha value is -1.18. The molecule has 0 aromatic carbocycles. The topological polar surface area (TPSA) is 48.5 Å². The van der Waals surface area contributed by atoms with Crippen LogP contribution in [-0.4, -0.2) is 56.6 Å². The number of anilines is 1. The molecule has 0 aliphatic carbocycles. The zero-order valence-corrected chi connectivity index (χ0v) is 14.9. The lowest BCUT2D eigenvalue weighted by Gasteiger charge is -2.31. The molecule has 1 aliphatic heterocycles. The molecule has 22 heavy (non-hydrogen) atoms. The second-order valence-corrected chi connectivity index (χ2v) is 8.00. The van der Waals surface area contributed by atoms with Crippen LogP contribution < -0.4 is 10.2 Å². The fraction of sp³-hybridized carbons (Fsp3) is 0.600. The predicted octanol–water partition coefficient (Wildman–Crippen LogP) is 2.50. The van der Waals surface area contributed by atoms with Gasteiger partial charge < -0.3 is 15.1 Å². The molecule has 0 bridgehead atoms. The average molecular weight is 339 g/mol. The first kappa shape index (κ1) is 15.7. The molecule has 2 aromatic rings. The van der Waals surface area contributed by atoms with Gasteiger partial charge >= 0.3 is 0 Å². The third-order valence-electron chi connectivity index (χ3n) is 4.07. The maximum Gasteiger partial charge on any atom is 0.264 e. The van der Waals surface area contributed by atoms with Crippen molar-refractivity contribution in [3.8, 4) is 0 Å². The van der Waals surface area contributed by atoms with Crippen LogP contribution in [0.3, 0.4) is 0 Å². The van der Waals surface area contributed by atoms with E-state index in [0.717, 1.165) is 52.0 Å². The highest BCUT2D eigenvalue weighted by Gasteiger charge is 2.25. The number of carbonyl (C=O) groups is 1. The Morgan fingerprint density at radius 2 is 2.14 bits per heavy atom. The number of aromatic nitrogens is 1. The summed E-state index contributed by atoms with van der Waals surface area (Å²) in [6.07, 6.45) is 2.19. The highest BCUT2D eigenvalue weighted by atomic mass is 32.1. The molecule has 0 unspecified atom stereocenters. The number of piperidine rings is 1. The van der Waals surface area contributed by atoms with Crippen molar-refractivity contribution in [3.63, 3.8) is 0 Å². The Labute approximate surface area is 138 Å². The Kier molecular flexibility index (Phi) is 4.65. The Morgan fingerprint density at radius 3 is 2.73 bits per heavy atom. The fourth-order valence-electron chi connectivity index (χ4n) is 2.81. The van der Waals surface area contributed by atoms with Gasteiger partial charge in [-0.25, -0.2) is 4.98 Å². The van der Waals surface area contributed by atoms with Crippen molar-refractivity contribution < 1.29 is 4.79 Å². The van der Waals surface area contributed by atoms with Crippen LogP contribution in [0.1, 0.15) is 22.5 Å². The number of fused-ring (bicyclic) bond motifs is 1. The number of thiophene rings is 1. The SMILES string of the molecule is CNCC1CCN(C(=O)c2cc3sc(N(C)C)nc3s2)CC1. The predicted molar refractivity (Wildman–Crippen MR) is 94.4 cm³/mol. The van der Waals surface area contributed by atoms with E-state index < -0.39 is 0 Å². The largest absolute Gasteiger partial charge is 0.354 e. The van der Waals surface area contributed by atoms with Gasteiger partial charge in [-0.1, -0.05) is 11.3 Å². The number of carbonyl (C=O) groups excluding carboxylic acids is 1. The minimum absolute atomic E-state index is 0.171. The van der Waals surface area contributed by atoms with Crippen LogP contribution in [0.5, 0.6) is 0 Å². The van der Waals surface area contributed by atoms with Crippen LogP contribution in [-0.2, 0) is 0 Å². The summed E-state index contributed by atoms with van der Waals surface area (Å²) >= 11 is 3.16. The second kappa shape index (κ2) is 6.52. The van der Waals surface area contributed by atoms with Gasteiger partial charge in [-0.05, 0) is 38.4 Å². The third-order valence-corrected chi connectivity index (χ3v) is 6.38. The number of nitrogens with zero attached hydrogens (tertiary/aromatic N) is 3. The summed E-state index contributed by atoms with van der Waals surface area (Å²) in [5, 5.41) is 4.22. The Balaban J connectivity index is 1.69. The van der Waals surface area contributed by atoms with E-state index in [1.54, 1.807) is 11.3 Å². The van der Waals surface area contributed by atoms with Crippen molar-refractivity contribution in [2.45, 2.75) is 12.8 Å². The molecule has 3 rings (SSSR count). The lowest BCUT2D eigenvalue weighted by atomic mass is 9.97. The molecule has 5 nitrogen and oxygen atoms in total. The molecule has 2 aromatic heterocycles. The van der Waals surface area contributed by atoms with Gasteiger partial charge in [0.05, 0.1) is 9.58 Å². The number of rotatable bonds is 4. The maximum absolute atomic E-state index is 12.6. The van der Waals surface area contributed by atoms with E-state index >= 15 is 0 Å². The minimum atomic E-state index is 0.171. The zero-order chi connectivity index (χ0) is 15.7. The minimum Gasteiger partial charge on any atom is -0.354 e. The fourth-order valence-corrected chi connectivity index (χ4v) is 4.91. The van der Waals surface area contributed by atoms with Crippen molar-refractivity contribution in [2.24, 2.45) is 5.92 Å². The standard InChI is InChI=1S/C15H22N4OS2/c1-16-9-10-4-6-19(7-5-10)14(20)12-8-11-13(21-12)17-15(22-11)18(2)3/h8,10,16H,4-7,9H2,1-3H3. The van der Waals surface area contributed by atoms with Gasteiger partial charge in [0.2, 0.25) is 0 Å². The van der Waals surface area contributed by atoms with Gasteiger partial charge in [-0.2, -0.15) is 0 Å². The van der Waals surface area contributed by atoms with Crippen LogP contribution in [0.25, 0.3) is 9.53 Å². The Bertz CT molecular complexity index is 624. The van der Waals surface area contributed by atoms with Crippen LogP contribution in [0.4, 0.5) is 5.13 Å². The summed E-state index contributed by atoms with van der Waals surface area (Å²) in [5.74, 6) is 0.870. The van der Waals surface area contributed by atoms with Crippen molar-refractivity contribution in [2.75, 3.05) is 45.7 Å². The highest BCUT2D eigenvalue weighted by Crippen LogP contribution is 2.34. The quantitative estimate of drug-likeness (QED) is 0.930. The summed E-state index contributed by atoms with van der Waals surface area (Å²) in [6, 6.07) is 2.01.